The normalized spacial score (nSPS) is 11.5. The van der Waals surface area contributed by atoms with E-state index in [2.05, 4.69) is 14.2 Å². The van der Waals surface area contributed by atoms with E-state index in [-0.39, 0.29) is 0 Å². The zero-order valence-electron chi connectivity index (χ0n) is 6.27. The zero-order chi connectivity index (χ0) is 8.69. The summed E-state index contributed by atoms with van der Waals surface area (Å²) in [5, 5.41) is 0. The first-order valence-electron chi connectivity index (χ1n) is 2.78. The van der Waals surface area contributed by atoms with Gasteiger partial charge in [-0.05, 0) is 6.92 Å². The predicted molar refractivity (Wildman–Crippen MR) is 41.1 cm³/mol. The standard InChI is InChI=1S/C4H6N2.CH4O3S/c1-4-5-2-3-6-4;1-4-5(2)3/h2-3H,1H3,(H,5,6);1H3,(H,2,3). The maximum atomic E-state index is 9.26. The Morgan fingerprint density at radius 1 is 1.82 bits per heavy atom. The molecule has 0 radical (unpaired) electrons. The van der Waals surface area contributed by atoms with Crippen LogP contribution in [0.25, 0.3) is 0 Å². The number of nitrogens with one attached hydrogen (secondary N) is 1. The summed E-state index contributed by atoms with van der Waals surface area (Å²) < 4.78 is 20.6. The van der Waals surface area contributed by atoms with Crippen LogP contribution in [0.5, 0.6) is 0 Å². The number of aromatic amines is 1. The summed E-state index contributed by atoms with van der Waals surface area (Å²) >= 11 is -2.07. The van der Waals surface area contributed by atoms with Gasteiger partial charge in [0.25, 0.3) is 0 Å². The van der Waals surface area contributed by atoms with Crippen molar-refractivity contribution in [2.45, 2.75) is 6.92 Å². The quantitative estimate of drug-likeness (QED) is 0.613. The molecule has 0 bridgehead atoms. The van der Waals surface area contributed by atoms with Gasteiger partial charge in [-0.1, -0.05) is 0 Å². The summed E-state index contributed by atoms with van der Waals surface area (Å²) in [7, 11) is 1.15. The summed E-state index contributed by atoms with van der Waals surface area (Å²) in [6.07, 6.45) is 3.53. The monoisotopic (exact) mass is 178 g/mol. The third-order valence-corrected chi connectivity index (χ3v) is 1.06. The Kier molecular flexibility index (Phi) is 5.63. The zero-order valence-corrected chi connectivity index (χ0v) is 7.09. The van der Waals surface area contributed by atoms with Crippen molar-refractivity contribution in [3.05, 3.63) is 18.2 Å². The minimum absolute atomic E-state index is 0.968. The highest BCUT2D eigenvalue weighted by molar-refractivity contribution is 7.74. The van der Waals surface area contributed by atoms with Crippen LogP contribution in [0.1, 0.15) is 5.82 Å². The minimum atomic E-state index is -2.07. The van der Waals surface area contributed by atoms with Gasteiger partial charge in [0.2, 0.25) is 0 Å². The first-order valence-corrected chi connectivity index (χ1v) is 3.81. The van der Waals surface area contributed by atoms with Gasteiger partial charge in [-0.25, -0.2) is 4.98 Å². The lowest BCUT2D eigenvalue weighted by Gasteiger charge is -1.76. The number of aryl methyl sites for hydroxylation is 1. The van der Waals surface area contributed by atoms with Crippen molar-refractivity contribution >= 4 is 11.4 Å². The largest absolute Gasteiger partial charge is 0.349 e. The molecule has 0 aromatic carbocycles. The van der Waals surface area contributed by atoms with Crippen molar-refractivity contribution in [2.75, 3.05) is 7.11 Å². The molecule has 2 N–H and O–H groups in total. The van der Waals surface area contributed by atoms with E-state index in [1.165, 1.54) is 0 Å². The second kappa shape index (κ2) is 6.02. The molecule has 1 heterocycles. The summed E-state index contributed by atoms with van der Waals surface area (Å²) in [5.74, 6) is 0.968. The van der Waals surface area contributed by atoms with Crippen LogP contribution >= 0.6 is 0 Å². The molecule has 0 aliphatic heterocycles. The van der Waals surface area contributed by atoms with Gasteiger partial charge in [-0.15, -0.1) is 0 Å². The van der Waals surface area contributed by atoms with Crippen LogP contribution in [0.15, 0.2) is 12.4 Å². The molecule has 1 aromatic rings. The Morgan fingerprint density at radius 3 is 2.45 bits per heavy atom. The van der Waals surface area contributed by atoms with Gasteiger partial charge in [0.1, 0.15) is 5.82 Å². The van der Waals surface area contributed by atoms with Crippen LogP contribution < -0.4 is 0 Å². The number of aromatic nitrogens is 2. The Labute approximate surface area is 67.3 Å². The van der Waals surface area contributed by atoms with Gasteiger partial charge in [0, 0.05) is 12.4 Å². The van der Waals surface area contributed by atoms with Crippen molar-refractivity contribution in [1.82, 2.24) is 9.97 Å². The average Bonchev–Trinajstić information content (AvgIpc) is 2.41. The van der Waals surface area contributed by atoms with Crippen molar-refractivity contribution in [3.63, 3.8) is 0 Å². The van der Waals surface area contributed by atoms with Gasteiger partial charge in [0.15, 0.2) is 0 Å². The maximum absolute atomic E-state index is 9.26. The molecule has 6 heteroatoms. The van der Waals surface area contributed by atoms with Crippen molar-refractivity contribution in [3.8, 4) is 0 Å². The molecule has 0 aliphatic carbocycles. The highest BCUT2D eigenvalue weighted by Gasteiger charge is 1.75. The average molecular weight is 178 g/mol. The molecule has 1 rings (SSSR count). The molecule has 64 valence electrons. The van der Waals surface area contributed by atoms with Gasteiger partial charge in [0.05, 0.1) is 7.11 Å². The fraction of sp³-hybridized carbons (Fsp3) is 0.400. The van der Waals surface area contributed by atoms with Crippen molar-refractivity contribution < 1.29 is 12.9 Å². The van der Waals surface area contributed by atoms with E-state index in [4.69, 9.17) is 4.55 Å². The smallest absolute Gasteiger partial charge is 0.301 e. The molecule has 1 aromatic heterocycles. The lowest BCUT2D eigenvalue weighted by Crippen LogP contribution is -1.84. The third kappa shape index (κ3) is 7.17. The van der Waals surface area contributed by atoms with Gasteiger partial charge >= 0.3 is 11.4 Å². The fourth-order valence-electron chi connectivity index (χ4n) is 0.344. The Bertz CT molecular complexity index is 200. The van der Waals surface area contributed by atoms with E-state index < -0.39 is 11.4 Å². The van der Waals surface area contributed by atoms with E-state index in [9.17, 15) is 4.21 Å². The molecular weight excluding hydrogens is 168 g/mol. The molecular formula is C5H10N2O3S. The van der Waals surface area contributed by atoms with E-state index in [1.54, 1.807) is 12.4 Å². The van der Waals surface area contributed by atoms with Crippen LogP contribution in [0.3, 0.4) is 0 Å². The molecule has 1 atom stereocenters. The maximum Gasteiger partial charge on any atom is 0.301 e. The number of nitrogens with zero attached hydrogens (tertiary/aromatic N) is 1. The summed E-state index contributed by atoms with van der Waals surface area (Å²) in [6, 6.07) is 0. The van der Waals surface area contributed by atoms with Crippen LogP contribution in [-0.2, 0) is 15.5 Å². The molecule has 11 heavy (non-hydrogen) atoms. The molecule has 0 amide bonds. The number of hydrogen-bond acceptors (Lipinski definition) is 3. The molecule has 0 fully saturated rings. The van der Waals surface area contributed by atoms with Gasteiger partial charge in [-0.3, -0.25) is 8.74 Å². The Hall–Kier alpha value is -0.720. The van der Waals surface area contributed by atoms with Crippen molar-refractivity contribution in [1.29, 1.82) is 0 Å². The van der Waals surface area contributed by atoms with Crippen LogP contribution in [0.2, 0.25) is 0 Å². The lowest BCUT2D eigenvalue weighted by molar-refractivity contribution is 0.379. The molecule has 0 saturated carbocycles. The molecule has 5 nitrogen and oxygen atoms in total. The van der Waals surface area contributed by atoms with Crippen molar-refractivity contribution in [2.24, 2.45) is 0 Å². The highest BCUT2D eigenvalue weighted by Crippen LogP contribution is 1.78. The van der Waals surface area contributed by atoms with Crippen LogP contribution in [-0.4, -0.2) is 25.8 Å². The summed E-state index contributed by atoms with van der Waals surface area (Å²) in [4.78, 5) is 6.75. The lowest BCUT2D eigenvalue weighted by atomic mass is 10.8. The predicted octanol–water partition coefficient (Wildman–Crippen LogP) is 0.488. The summed E-state index contributed by atoms with van der Waals surface area (Å²) in [5.41, 5.74) is 0. The first-order chi connectivity index (χ1) is 5.16. The summed E-state index contributed by atoms with van der Waals surface area (Å²) in [6.45, 7) is 1.92. The minimum Gasteiger partial charge on any atom is -0.349 e. The van der Waals surface area contributed by atoms with E-state index >= 15 is 0 Å². The Balaban J connectivity index is 0.000000187. The first kappa shape index (κ1) is 10.3. The highest BCUT2D eigenvalue weighted by atomic mass is 32.2. The number of rotatable bonds is 1. The number of hydrogen-bond donors (Lipinski definition) is 2. The Morgan fingerprint density at radius 2 is 2.36 bits per heavy atom. The van der Waals surface area contributed by atoms with Gasteiger partial charge in [-0.2, -0.15) is 4.21 Å². The molecule has 0 spiro atoms. The third-order valence-electron chi connectivity index (χ3n) is 0.778. The topological polar surface area (TPSA) is 75.2 Å². The second-order valence-electron chi connectivity index (χ2n) is 1.56. The van der Waals surface area contributed by atoms with E-state index in [1.807, 2.05) is 6.92 Å². The molecule has 0 aliphatic rings. The number of H-pyrrole nitrogens is 1. The SMILES string of the molecule is COS(=O)O.Cc1ncc[nH]1. The molecule has 1 unspecified atom stereocenters. The second-order valence-corrected chi connectivity index (χ2v) is 2.33. The number of imidazole rings is 1. The van der Waals surface area contributed by atoms with E-state index in [0.29, 0.717) is 0 Å². The van der Waals surface area contributed by atoms with E-state index in [0.717, 1.165) is 12.9 Å². The fourth-order valence-corrected chi connectivity index (χ4v) is 0.344. The van der Waals surface area contributed by atoms with Gasteiger partial charge < -0.3 is 4.98 Å². The van der Waals surface area contributed by atoms with Crippen LogP contribution in [0.4, 0.5) is 0 Å². The molecule has 0 saturated heterocycles. The van der Waals surface area contributed by atoms with Crippen LogP contribution in [0, 0.1) is 6.92 Å².